The number of aliphatic hydroxyl groups is 1. The molecule has 2 atom stereocenters. The van der Waals surface area contributed by atoms with E-state index in [0.29, 0.717) is 24.2 Å². The Morgan fingerprint density at radius 3 is 2.67 bits per heavy atom. The summed E-state index contributed by atoms with van der Waals surface area (Å²) in [4.78, 5) is 21.1. The molecule has 5 rings (SSSR count). The predicted molar refractivity (Wildman–Crippen MR) is 131 cm³/mol. The molecule has 4 heterocycles. The number of aliphatic hydroxyl groups excluding tert-OH is 1. The van der Waals surface area contributed by atoms with Gasteiger partial charge in [-0.15, -0.1) is 0 Å². The largest absolute Gasteiger partial charge is 0.481 e. The van der Waals surface area contributed by atoms with Gasteiger partial charge in [-0.1, -0.05) is 29.4 Å². The first-order chi connectivity index (χ1) is 18.7. The van der Waals surface area contributed by atoms with Crippen LogP contribution in [-0.4, -0.2) is 65.6 Å². The number of piperidine rings is 1. The van der Waals surface area contributed by atoms with E-state index in [1.54, 1.807) is 24.3 Å². The maximum absolute atomic E-state index is 14.0. The number of alkyl halides is 3. The van der Waals surface area contributed by atoms with Crippen LogP contribution in [0.3, 0.4) is 0 Å². The minimum absolute atomic E-state index is 0.0626. The Balaban J connectivity index is 1.31. The van der Waals surface area contributed by atoms with Gasteiger partial charge in [-0.25, -0.2) is 4.68 Å². The lowest BCUT2D eigenvalue weighted by Gasteiger charge is -2.33. The summed E-state index contributed by atoms with van der Waals surface area (Å²) in [5, 5.41) is 27.5. The Morgan fingerprint density at radius 2 is 1.97 bits per heavy atom. The van der Waals surface area contributed by atoms with Gasteiger partial charge in [0.25, 0.3) is 5.89 Å². The van der Waals surface area contributed by atoms with Gasteiger partial charge in [0, 0.05) is 31.3 Å². The van der Waals surface area contributed by atoms with Gasteiger partial charge in [-0.2, -0.15) is 23.3 Å². The van der Waals surface area contributed by atoms with Crippen LogP contribution < -0.4 is 0 Å². The average Bonchev–Trinajstić information content (AvgIpc) is 3.57. The summed E-state index contributed by atoms with van der Waals surface area (Å²) in [5.41, 5.74) is -0.159. The number of β-amino-alcohol motifs (C(OH)–C–C–N with tert-alkyl or cyclic N) is 1. The lowest BCUT2D eigenvalue weighted by molar-refractivity contribution is -0.142. The van der Waals surface area contributed by atoms with Crippen molar-refractivity contribution in [3.63, 3.8) is 0 Å². The van der Waals surface area contributed by atoms with Crippen molar-refractivity contribution in [1.82, 2.24) is 29.8 Å². The maximum atomic E-state index is 14.0. The first kappa shape index (κ1) is 26.5. The Hall–Kier alpha value is -4.10. The molecule has 0 radical (unpaired) electrons. The van der Waals surface area contributed by atoms with E-state index < -0.39 is 23.9 Å². The molecule has 39 heavy (non-hydrogen) atoms. The van der Waals surface area contributed by atoms with Crippen molar-refractivity contribution in [2.24, 2.45) is 5.92 Å². The van der Waals surface area contributed by atoms with Crippen molar-refractivity contribution in [2.75, 3.05) is 19.6 Å². The molecule has 0 aliphatic carbocycles. The smallest absolute Gasteiger partial charge is 0.434 e. The fraction of sp³-hybridized carbons (Fsp3) is 0.346. The maximum Gasteiger partial charge on any atom is 0.434 e. The molecule has 0 amide bonds. The van der Waals surface area contributed by atoms with Crippen LogP contribution >= 0.6 is 0 Å². The monoisotopic (exact) mass is 542 g/mol. The van der Waals surface area contributed by atoms with E-state index in [2.05, 4.69) is 25.1 Å². The third-order valence-corrected chi connectivity index (χ3v) is 6.64. The third-order valence-electron chi connectivity index (χ3n) is 6.64. The Labute approximate surface area is 220 Å². The van der Waals surface area contributed by atoms with Crippen molar-refractivity contribution in [3.05, 3.63) is 66.2 Å². The van der Waals surface area contributed by atoms with Crippen molar-refractivity contribution < 1.29 is 32.7 Å². The number of likely N-dealkylation sites (tertiary alicyclic amines) is 1. The van der Waals surface area contributed by atoms with Crippen LogP contribution in [0.5, 0.6) is 0 Å². The molecule has 0 bridgehead atoms. The van der Waals surface area contributed by atoms with Crippen LogP contribution in [0, 0.1) is 5.92 Å². The van der Waals surface area contributed by atoms with E-state index in [0.717, 1.165) is 30.3 Å². The number of hydrogen-bond donors (Lipinski definition) is 2. The summed E-state index contributed by atoms with van der Waals surface area (Å²) in [6.07, 6.45) is 0.0291. The molecule has 1 saturated heterocycles. The van der Waals surface area contributed by atoms with E-state index in [1.165, 1.54) is 24.5 Å². The molecule has 1 aliphatic heterocycles. The van der Waals surface area contributed by atoms with E-state index >= 15 is 0 Å². The summed E-state index contributed by atoms with van der Waals surface area (Å²) in [6.45, 7) is 1.77. The number of aliphatic carboxylic acids is 1. The fourth-order valence-corrected chi connectivity index (χ4v) is 4.84. The van der Waals surface area contributed by atoms with Gasteiger partial charge in [0.15, 0.2) is 5.69 Å². The molecule has 1 aliphatic rings. The molecule has 204 valence electrons. The molecular formula is C26H25F3N6O4. The summed E-state index contributed by atoms with van der Waals surface area (Å²) in [7, 11) is 0. The number of rotatable bonds is 8. The molecule has 13 heteroatoms. The van der Waals surface area contributed by atoms with Crippen LogP contribution in [0.15, 0.2) is 59.5 Å². The van der Waals surface area contributed by atoms with Crippen LogP contribution in [0.4, 0.5) is 13.2 Å². The topological polar surface area (TPSA) is 130 Å². The van der Waals surface area contributed by atoms with Gasteiger partial charge in [-0.3, -0.25) is 9.78 Å². The van der Waals surface area contributed by atoms with Crippen molar-refractivity contribution in [3.8, 4) is 28.5 Å². The Bertz CT molecular complexity index is 1420. The highest BCUT2D eigenvalue weighted by atomic mass is 19.4. The second kappa shape index (κ2) is 10.9. The lowest BCUT2D eigenvalue weighted by Crippen LogP contribution is -2.38. The zero-order chi connectivity index (χ0) is 27.6. The molecule has 1 aromatic carbocycles. The second-order valence-corrected chi connectivity index (χ2v) is 9.45. The minimum atomic E-state index is -4.75. The Kier molecular flexibility index (Phi) is 7.44. The lowest BCUT2D eigenvalue weighted by atomic mass is 9.94. The summed E-state index contributed by atoms with van der Waals surface area (Å²) in [5.74, 6) is -1.01. The van der Waals surface area contributed by atoms with Gasteiger partial charge >= 0.3 is 12.1 Å². The molecule has 3 aromatic heterocycles. The predicted octanol–water partition coefficient (Wildman–Crippen LogP) is 4.22. The van der Waals surface area contributed by atoms with E-state index in [9.17, 15) is 23.1 Å². The summed E-state index contributed by atoms with van der Waals surface area (Å²) >= 11 is 0. The highest BCUT2D eigenvalue weighted by Gasteiger charge is 2.40. The fourth-order valence-electron chi connectivity index (χ4n) is 4.84. The van der Waals surface area contributed by atoms with Gasteiger partial charge in [0.2, 0.25) is 5.82 Å². The van der Waals surface area contributed by atoms with Crippen LogP contribution in [-0.2, 0) is 11.0 Å². The van der Waals surface area contributed by atoms with Gasteiger partial charge in [-0.05, 0) is 43.0 Å². The number of carboxylic acids is 1. The van der Waals surface area contributed by atoms with Gasteiger partial charge in [0.05, 0.1) is 29.7 Å². The number of benzene rings is 1. The molecule has 0 spiro atoms. The van der Waals surface area contributed by atoms with Crippen LogP contribution in [0.2, 0.25) is 0 Å². The standard InChI is InChI=1S/C26H25F3N6O4/c27-26(28,29)23-20(13-31-35(23)19-4-1-9-30-12-19)25-32-24(33-39-25)18-7-5-17(6-8-18)21(36)15-34-10-2-3-16(14-34)11-22(37)38/h1,4-9,12-13,16,21,36H,2-3,10-11,14-15H2,(H,37,38). The molecule has 2 unspecified atom stereocenters. The zero-order valence-corrected chi connectivity index (χ0v) is 20.6. The molecule has 1 fully saturated rings. The Morgan fingerprint density at radius 1 is 1.18 bits per heavy atom. The van der Waals surface area contributed by atoms with Crippen molar-refractivity contribution in [1.29, 1.82) is 0 Å². The van der Waals surface area contributed by atoms with Crippen molar-refractivity contribution >= 4 is 5.97 Å². The molecule has 4 aromatic rings. The summed E-state index contributed by atoms with van der Waals surface area (Å²) in [6, 6.07) is 9.64. The second-order valence-electron chi connectivity index (χ2n) is 9.45. The van der Waals surface area contributed by atoms with Crippen LogP contribution in [0.25, 0.3) is 28.5 Å². The zero-order valence-electron chi connectivity index (χ0n) is 20.6. The number of pyridine rings is 1. The van der Waals surface area contributed by atoms with Gasteiger partial charge < -0.3 is 19.6 Å². The third kappa shape index (κ3) is 5.99. The number of carbonyl (C=O) groups is 1. The average molecular weight is 543 g/mol. The van der Waals surface area contributed by atoms with E-state index in [-0.39, 0.29) is 35.3 Å². The molecule has 10 nitrogen and oxygen atoms in total. The van der Waals surface area contributed by atoms with Gasteiger partial charge in [0.1, 0.15) is 0 Å². The molecule has 2 N–H and O–H groups in total. The molecule has 0 saturated carbocycles. The SMILES string of the molecule is O=C(O)CC1CCCN(CC(O)c2ccc(-c3noc(-c4cnn(-c5cccnc5)c4C(F)(F)F)n3)cc2)C1. The number of halogens is 3. The number of hydrogen-bond acceptors (Lipinski definition) is 8. The minimum Gasteiger partial charge on any atom is -0.481 e. The number of nitrogens with zero attached hydrogens (tertiary/aromatic N) is 6. The molecular weight excluding hydrogens is 517 g/mol. The summed E-state index contributed by atoms with van der Waals surface area (Å²) < 4.78 is 47.9. The first-order valence-electron chi connectivity index (χ1n) is 12.3. The number of aromatic nitrogens is 5. The number of carboxylic acid groups (broad SMARTS) is 1. The van der Waals surface area contributed by atoms with E-state index in [4.69, 9.17) is 9.63 Å². The highest BCUT2D eigenvalue weighted by molar-refractivity contribution is 5.67. The van der Waals surface area contributed by atoms with Crippen molar-refractivity contribution in [2.45, 2.75) is 31.5 Å². The normalized spacial score (nSPS) is 17.3. The highest BCUT2D eigenvalue weighted by Crippen LogP contribution is 2.38. The quantitative estimate of drug-likeness (QED) is 0.336. The van der Waals surface area contributed by atoms with Crippen LogP contribution in [0.1, 0.15) is 36.6 Å². The van der Waals surface area contributed by atoms with E-state index in [1.807, 2.05) is 0 Å². The first-order valence-corrected chi connectivity index (χ1v) is 12.3.